The van der Waals surface area contributed by atoms with Crippen LogP contribution in [0.3, 0.4) is 0 Å². The average molecular weight is 431 g/mol. The third kappa shape index (κ3) is 4.95. The number of anilines is 1. The van der Waals surface area contributed by atoms with Gasteiger partial charge in [-0.3, -0.25) is 4.90 Å². The summed E-state index contributed by atoms with van der Waals surface area (Å²) in [6, 6.07) is 19.6. The Morgan fingerprint density at radius 3 is 2.84 bits per heavy atom. The molecule has 5 nitrogen and oxygen atoms in total. The number of rotatable bonds is 9. The van der Waals surface area contributed by atoms with Crippen LogP contribution < -0.4 is 15.8 Å². The van der Waals surface area contributed by atoms with Crippen LogP contribution in [-0.4, -0.2) is 42.2 Å². The van der Waals surface area contributed by atoms with Gasteiger partial charge in [0.15, 0.2) is 0 Å². The fraction of sp³-hybridized carbons (Fsp3) is 0.370. The number of aromatic nitrogens is 1. The van der Waals surface area contributed by atoms with Gasteiger partial charge in [-0.2, -0.15) is 0 Å². The molecule has 1 aliphatic rings. The highest BCUT2D eigenvalue weighted by atomic mass is 16.5. The number of para-hydroxylation sites is 1. The summed E-state index contributed by atoms with van der Waals surface area (Å²) in [6.45, 7) is 9.00. The van der Waals surface area contributed by atoms with Gasteiger partial charge in [-0.25, -0.2) is 4.98 Å². The Hall–Kier alpha value is -2.89. The number of nitrogens with two attached hydrogens (primary N) is 1. The molecule has 1 unspecified atom stereocenters. The van der Waals surface area contributed by atoms with E-state index < -0.39 is 0 Å². The van der Waals surface area contributed by atoms with Crippen molar-refractivity contribution in [1.29, 1.82) is 0 Å². The van der Waals surface area contributed by atoms with Crippen LogP contribution in [0.4, 0.5) is 5.69 Å². The number of likely N-dealkylation sites (tertiary alicyclic amines) is 1. The second-order valence-corrected chi connectivity index (χ2v) is 8.48. The second-order valence-electron chi connectivity index (χ2n) is 8.48. The van der Waals surface area contributed by atoms with Crippen molar-refractivity contribution in [3.63, 3.8) is 0 Å². The first-order valence-electron chi connectivity index (χ1n) is 11.6. The Morgan fingerprint density at radius 1 is 1.22 bits per heavy atom. The fourth-order valence-corrected chi connectivity index (χ4v) is 4.77. The minimum atomic E-state index is 0.162. The van der Waals surface area contributed by atoms with Gasteiger partial charge in [0.25, 0.3) is 0 Å². The van der Waals surface area contributed by atoms with Crippen LogP contribution in [-0.2, 0) is 0 Å². The van der Waals surface area contributed by atoms with Crippen molar-refractivity contribution >= 4 is 16.6 Å². The van der Waals surface area contributed by atoms with Crippen molar-refractivity contribution < 1.29 is 4.74 Å². The van der Waals surface area contributed by atoms with Crippen molar-refractivity contribution in [3.05, 3.63) is 78.5 Å². The molecule has 32 heavy (non-hydrogen) atoms. The van der Waals surface area contributed by atoms with Gasteiger partial charge in [-0.1, -0.05) is 55.0 Å². The predicted molar refractivity (Wildman–Crippen MR) is 133 cm³/mol. The third-order valence-electron chi connectivity index (χ3n) is 6.19. The summed E-state index contributed by atoms with van der Waals surface area (Å²) in [7, 11) is 0. The minimum Gasteiger partial charge on any atom is -0.490 e. The first-order valence-corrected chi connectivity index (χ1v) is 11.6. The van der Waals surface area contributed by atoms with E-state index in [1.165, 1.54) is 18.4 Å². The summed E-state index contributed by atoms with van der Waals surface area (Å²) in [6.07, 6.45) is 5.67. The zero-order valence-corrected chi connectivity index (χ0v) is 19.0. The Bertz CT molecular complexity index is 1040. The molecule has 0 aliphatic carbocycles. The smallest absolute Gasteiger partial charge is 0.145 e. The minimum absolute atomic E-state index is 0.162. The first kappa shape index (κ1) is 22.3. The van der Waals surface area contributed by atoms with Gasteiger partial charge in [0.05, 0.1) is 6.04 Å². The average Bonchev–Trinajstić information content (AvgIpc) is 2.82. The standard InChI is InChI=1S/C27H34N4O/c1-3-16-31-17-8-7-13-24(31)26(21-10-5-4-6-11-21)30-23-19-20(2)29-27-22(23)12-9-14-25(27)32-18-15-28/h3-6,9-12,14,19,24,26H,1,7-8,13,15-18,28H2,2H3,(H,29,30)/t24-,26?/m0/s1. The van der Waals surface area contributed by atoms with Crippen molar-refractivity contribution in [3.8, 4) is 5.75 Å². The molecule has 0 bridgehead atoms. The Balaban J connectivity index is 1.76. The molecule has 1 aliphatic heterocycles. The molecule has 0 amide bonds. The van der Waals surface area contributed by atoms with E-state index in [-0.39, 0.29) is 6.04 Å². The lowest BCUT2D eigenvalue weighted by Crippen LogP contribution is -2.45. The van der Waals surface area contributed by atoms with E-state index in [0.29, 0.717) is 19.2 Å². The Labute approximate surface area is 191 Å². The molecule has 5 heteroatoms. The zero-order valence-electron chi connectivity index (χ0n) is 19.0. The lowest BCUT2D eigenvalue weighted by molar-refractivity contribution is 0.147. The quantitative estimate of drug-likeness (QED) is 0.464. The number of piperidine rings is 1. The predicted octanol–water partition coefficient (Wildman–Crippen LogP) is 5.07. The molecule has 3 N–H and O–H groups in total. The molecule has 0 saturated carbocycles. The lowest BCUT2D eigenvalue weighted by Gasteiger charge is -2.41. The maximum atomic E-state index is 5.90. The van der Waals surface area contributed by atoms with Crippen molar-refractivity contribution in [2.24, 2.45) is 5.73 Å². The topological polar surface area (TPSA) is 63.4 Å². The summed E-state index contributed by atoms with van der Waals surface area (Å²) in [5.41, 5.74) is 9.88. The van der Waals surface area contributed by atoms with Gasteiger partial charge in [0.2, 0.25) is 0 Å². The fourth-order valence-electron chi connectivity index (χ4n) is 4.77. The van der Waals surface area contributed by atoms with E-state index in [1.807, 2.05) is 25.1 Å². The number of fused-ring (bicyclic) bond motifs is 1. The van der Waals surface area contributed by atoms with Gasteiger partial charge in [-0.15, -0.1) is 6.58 Å². The molecule has 0 radical (unpaired) electrons. The Morgan fingerprint density at radius 2 is 2.06 bits per heavy atom. The van der Waals surface area contributed by atoms with Crippen LogP contribution in [0.15, 0.2) is 67.3 Å². The zero-order chi connectivity index (χ0) is 22.3. The summed E-state index contributed by atoms with van der Waals surface area (Å²) < 4.78 is 5.90. The summed E-state index contributed by atoms with van der Waals surface area (Å²) in [5, 5.41) is 4.99. The van der Waals surface area contributed by atoms with Crippen LogP contribution in [0.25, 0.3) is 10.9 Å². The number of hydrogen-bond acceptors (Lipinski definition) is 5. The number of aryl methyl sites for hydroxylation is 1. The molecular formula is C27H34N4O. The van der Waals surface area contributed by atoms with Crippen molar-refractivity contribution in [2.75, 3.05) is 31.6 Å². The highest BCUT2D eigenvalue weighted by molar-refractivity contribution is 5.95. The first-order chi connectivity index (χ1) is 15.7. The number of benzene rings is 2. The number of ether oxygens (including phenoxy) is 1. The van der Waals surface area contributed by atoms with Crippen LogP contribution >= 0.6 is 0 Å². The summed E-state index contributed by atoms with van der Waals surface area (Å²) >= 11 is 0. The van der Waals surface area contributed by atoms with Crippen molar-refractivity contribution in [1.82, 2.24) is 9.88 Å². The molecule has 2 heterocycles. The molecule has 1 aromatic heterocycles. The van der Waals surface area contributed by atoms with Gasteiger partial charge in [0.1, 0.15) is 17.9 Å². The number of nitrogens with one attached hydrogen (secondary N) is 1. The molecule has 2 aromatic carbocycles. The third-order valence-corrected chi connectivity index (χ3v) is 6.19. The number of pyridine rings is 1. The van der Waals surface area contributed by atoms with Gasteiger partial charge >= 0.3 is 0 Å². The molecule has 2 atom stereocenters. The van der Waals surface area contributed by atoms with Crippen LogP contribution in [0, 0.1) is 6.92 Å². The van der Waals surface area contributed by atoms with Crippen LogP contribution in [0.5, 0.6) is 5.75 Å². The maximum Gasteiger partial charge on any atom is 0.145 e. The largest absolute Gasteiger partial charge is 0.490 e. The van der Waals surface area contributed by atoms with E-state index in [1.54, 1.807) is 0 Å². The van der Waals surface area contributed by atoms with Gasteiger partial charge in [0, 0.05) is 35.9 Å². The van der Waals surface area contributed by atoms with E-state index in [0.717, 1.165) is 47.5 Å². The summed E-state index contributed by atoms with van der Waals surface area (Å²) in [4.78, 5) is 7.36. The normalized spacial score (nSPS) is 17.8. The molecule has 0 spiro atoms. The molecule has 1 saturated heterocycles. The summed E-state index contributed by atoms with van der Waals surface area (Å²) in [5.74, 6) is 0.780. The van der Waals surface area contributed by atoms with Gasteiger partial charge < -0.3 is 15.8 Å². The molecule has 3 aromatic rings. The molecule has 1 fully saturated rings. The highest BCUT2D eigenvalue weighted by Gasteiger charge is 2.31. The van der Waals surface area contributed by atoms with Crippen LogP contribution in [0.1, 0.15) is 36.6 Å². The molecule has 4 rings (SSSR count). The molecular weight excluding hydrogens is 396 g/mol. The van der Waals surface area contributed by atoms with E-state index >= 15 is 0 Å². The number of nitrogens with zero attached hydrogens (tertiary/aromatic N) is 2. The highest BCUT2D eigenvalue weighted by Crippen LogP contribution is 2.36. The SMILES string of the molecule is C=CCN1CCCC[C@H]1C(Nc1cc(C)nc2c(OCCN)cccc12)c1ccccc1. The van der Waals surface area contributed by atoms with E-state index in [9.17, 15) is 0 Å². The maximum absolute atomic E-state index is 5.90. The Kier molecular flexibility index (Phi) is 7.40. The molecule has 168 valence electrons. The van der Waals surface area contributed by atoms with Crippen molar-refractivity contribution in [2.45, 2.75) is 38.3 Å². The van der Waals surface area contributed by atoms with Gasteiger partial charge in [-0.05, 0) is 44.0 Å². The van der Waals surface area contributed by atoms with E-state index in [4.69, 9.17) is 15.5 Å². The monoisotopic (exact) mass is 430 g/mol. The lowest BCUT2D eigenvalue weighted by atomic mass is 9.90. The number of hydrogen-bond donors (Lipinski definition) is 2. The van der Waals surface area contributed by atoms with Crippen LogP contribution in [0.2, 0.25) is 0 Å². The van der Waals surface area contributed by atoms with E-state index in [2.05, 4.69) is 59.3 Å². The second kappa shape index (κ2) is 10.6.